The summed E-state index contributed by atoms with van der Waals surface area (Å²) >= 11 is 0. The topological polar surface area (TPSA) is 105 Å². The number of rotatable bonds is 10. The average molecular weight is 575 g/mol. The summed E-state index contributed by atoms with van der Waals surface area (Å²) in [7, 11) is 1.64. The van der Waals surface area contributed by atoms with Crippen LogP contribution in [0.2, 0.25) is 0 Å². The maximum absolute atomic E-state index is 13.8. The van der Waals surface area contributed by atoms with Crippen LogP contribution in [0.3, 0.4) is 0 Å². The van der Waals surface area contributed by atoms with Gasteiger partial charge in [-0.3, -0.25) is 14.4 Å². The highest BCUT2D eigenvalue weighted by atomic mass is 16.5. The summed E-state index contributed by atoms with van der Waals surface area (Å²) < 4.78 is 5.42. The van der Waals surface area contributed by atoms with Gasteiger partial charge in [0.2, 0.25) is 11.8 Å². The molecular weight excluding hydrogens is 528 g/mol. The van der Waals surface area contributed by atoms with Crippen molar-refractivity contribution in [3.8, 4) is 5.75 Å². The lowest BCUT2D eigenvalue weighted by Gasteiger charge is -2.43. The highest BCUT2D eigenvalue weighted by Gasteiger charge is 2.42. The molecule has 0 radical (unpaired) electrons. The number of hydrogen-bond donors (Lipinski definition) is 2. The zero-order chi connectivity index (χ0) is 29.6. The van der Waals surface area contributed by atoms with E-state index in [2.05, 4.69) is 5.32 Å². The SMILES string of the molecule is COc1cccc(CN(C(=O)C2CC2)C2CCN(C(=O)c3ccc(C)cc3)[C@@H](C(=O)NCC3CCC(CN)CC3)C2)c1. The molecule has 3 aliphatic rings. The number of carbonyl (C=O) groups excluding carboxylic acids is 3. The first kappa shape index (κ1) is 30.1. The van der Waals surface area contributed by atoms with Crippen LogP contribution in [0.25, 0.3) is 0 Å². The molecule has 1 unspecified atom stereocenters. The number of likely N-dealkylation sites (tertiary alicyclic amines) is 1. The first-order chi connectivity index (χ1) is 20.4. The molecule has 5 rings (SSSR count). The Hall–Kier alpha value is -3.39. The Morgan fingerprint density at radius 3 is 2.36 bits per heavy atom. The Morgan fingerprint density at radius 1 is 0.976 bits per heavy atom. The van der Waals surface area contributed by atoms with Crippen LogP contribution in [-0.2, 0) is 16.1 Å². The Labute approximate surface area is 250 Å². The van der Waals surface area contributed by atoms with Crippen molar-refractivity contribution in [2.45, 2.75) is 76.9 Å². The number of benzene rings is 2. The molecule has 8 nitrogen and oxygen atoms in total. The Kier molecular flexibility index (Phi) is 9.83. The minimum Gasteiger partial charge on any atom is -0.497 e. The summed E-state index contributed by atoms with van der Waals surface area (Å²) in [6, 6.07) is 14.6. The van der Waals surface area contributed by atoms with Gasteiger partial charge in [-0.05, 0) is 106 Å². The predicted molar refractivity (Wildman–Crippen MR) is 163 cm³/mol. The number of hydrogen-bond acceptors (Lipinski definition) is 5. The van der Waals surface area contributed by atoms with Gasteiger partial charge >= 0.3 is 0 Å². The number of piperidine rings is 1. The first-order valence-corrected chi connectivity index (χ1v) is 15.6. The van der Waals surface area contributed by atoms with Gasteiger partial charge in [0.1, 0.15) is 11.8 Å². The van der Waals surface area contributed by atoms with Gasteiger partial charge in [0, 0.05) is 37.2 Å². The molecule has 1 heterocycles. The monoisotopic (exact) mass is 574 g/mol. The number of nitrogens with two attached hydrogens (primary N) is 1. The van der Waals surface area contributed by atoms with E-state index in [1.807, 2.05) is 60.4 Å². The number of aryl methyl sites for hydroxylation is 1. The minimum atomic E-state index is -0.641. The van der Waals surface area contributed by atoms with Crippen LogP contribution in [0, 0.1) is 24.7 Å². The lowest BCUT2D eigenvalue weighted by molar-refractivity contribution is -0.139. The van der Waals surface area contributed by atoms with E-state index in [4.69, 9.17) is 10.5 Å². The minimum absolute atomic E-state index is 0.0544. The number of nitrogens with one attached hydrogen (secondary N) is 1. The fourth-order valence-corrected chi connectivity index (χ4v) is 6.54. The zero-order valence-electron chi connectivity index (χ0n) is 25.1. The normalized spacial score (nSPS) is 24.1. The molecule has 2 aromatic carbocycles. The van der Waals surface area contributed by atoms with E-state index in [9.17, 15) is 14.4 Å². The molecule has 2 saturated carbocycles. The number of methoxy groups -OCH3 is 1. The van der Waals surface area contributed by atoms with Gasteiger partial charge in [0.15, 0.2) is 0 Å². The van der Waals surface area contributed by atoms with Crippen LogP contribution < -0.4 is 15.8 Å². The van der Waals surface area contributed by atoms with Crippen molar-refractivity contribution in [2.75, 3.05) is 26.7 Å². The standard InChI is InChI=1S/C34H46N4O4/c1-23-6-12-27(13-7-23)33(40)37-17-16-29(19-31(37)32(39)36-21-25-10-8-24(20-35)9-11-25)38(34(41)28-14-15-28)22-26-4-3-5-30(18-26)42-2/h3-7,12-13,18,24-25,28-29,31H,8-11,14-17,19-22,35H2,1-2H3,(H,36,39)/t24?,25?,29?,31-/m1/s1. The molecule has 2 aliphatic carbocycles. The van der Waals surface area contributed by atoms with Crippen molar-refractivity contribution in [1.82, 2.24) is 15.1 Å². The molecule has 2 aromatic rings. The smallest absolute Gasteiger partial charge is 0.254 e. The molecule has 8 heteroatoms. The third-order valence-corrected chi connectivity index (χ3v) is 9.44. The highest BCUT2D eigenvalue weighted by Crippen LogP contribution is 2.35. The number of carbonyl (C=O) groups is 3. The second-order valence-electron chi connectivity index (χ2n) is 12.5. The van der Waals surface area contributed by atoms with Crippen molar-refractivity contribution in [2.24, 2.45) is 23.5 Å². The Bertz CT molecular complexity index is 1240. The van der Waals surface area contributed by atoms with E-state index in [1.54, 1.807) is 12.0 Å². The second-order valence-corrected chi connectivity index (χ2v) is 12.5. The lowest BCUT2D eigenvalue weighted by Crippen LogP contribution is -2.58. The Balaban J connectivity index is 1.34. The summed E-state index contributed by atoms with van der Waals surface area (Å²) in [5.74, 6) is 1.71. The molecule has 3 N–H and O–H groups in total. The predicted octanol–water partition coefficient (Wildman–Crippen LogP) is 4.30. The van der Waals surface area contributed by atoms with Crippen LogP contribution in [0.15, 0.2) is 48.5 Å². The summed E-state index contributed by atoms with van der Waals surface area (Å²) in [6.45, 7) is 4.21. The number of nitrogens with zero attached hydrogens (tertiary/aromatic N) is 2. The fraction of sp³-hybridized carbons (Fsp3) is 0.559. The second kappa shape index (κ2) is 13.7. The average Bonchev–Trinajstić information content (AvgIpc) is 3.88. The Morgan fingerprint density at radius 2 is 1.69 bits per heavy atom. The van der Waals surface area contributed by atoms with Crippen molar-refractivity contribution in [1.29, 1.82) is 0 Å². The third-order valence-electron chi connectivity index (χ3n) is 9.44. The van der Waals surface area contributed by atoms with Gasteiger partial charge in [-0.1, -0.05) is 29.8 Å². The molecule has 0 bridgehead atoms. The molecule has 0 spiro atoms. The van der Waals surface area contributed by atoms with E-state index in [1.165, 1.54) is 0 Å². The largest absolute Gasteiger partial charge is 0.497 e. The van der Waals surface area contributed by atoms with E-state index in [0.717, 1.165) is 61.9 Å². The van der Waals surface area contributed by atoms with E-state index in [-0.39, 0.29) is 29.7 Å². The third kappa shape index (κ3) is 7.33. The van der Waals surface area contributed by atoms with Gasteiger partial charge in [0.25, 0.3) is 5.91 Å². The van der Waals surface area contributed by atoms with E-state index < -0.39 is 6.04 Å². The molecule has 1 aliphatic heterocycles. The summed E-state index contributed by atoms with van der Waals surface area (Å²) in [4.78, 5) is 44.9. The quantitative estimate of drug-likeness (QED) is 0.440. The first-order valence-electron chi connectivity index (χ1n) is 15.6. The molecule has 1 saturated heterocycles. The van der Waals surface area contributed by atoms with Gasteiger partial charge in [-0.2, -0.15) is 0 Å². The molecule has 226 valence electrons. The highest BCUT2D eigenvalue weighted by molar-refractivity contribution is 5.98. The van der Waals surface area contributed by atoms with Crippen molar-refractivity contribution in [3.05, 3.63) is 65.2 Å². The van der Waals surface area contributed by atoms with Crippen molar-refractivity contribution in [3.63, 3.8) is 0 Å². The van der Waals surface area contributed by atoms with E-state index >= 15 is 0 Å². The summed E-state index contributed by atoms with van der Waals surface area (Å²) in [6.07, 6.45) is 7.20. The molecule has 0 aromatic heterocycles. The van der Waals surface area contributed by atoms with Crippen LogP contribution in [0.4, 0.5) is 0 Å². The van der Waals surface area contributed by atoms with Crippen LogP contribution >= 0.6 is 0 Å². The zero-order valence-corrected chi connectivity index (χ0v) is 25.1. The fourth-order valence-electron chi connectivity index (χ4n) is 6.54. The maximum Gasteiger partial charge on any atom is 0.254 e. The molecule has 2 atom stereocenters. The number of amides is 3. The van der Waals surface area contributed by atoms with Gasteiger partial charge in [-0.15, -0.1) is 0 Å². The van der Waals surface area contributed by atoms with Crippen molar-refractivity contribution < 1.29 is 19.1 Å². The summed E-state index contributed by atoms with van der Waals surface area (Å²) in [5.41, 5.74) is 8.53. The molecule has 3 amide bonds. The van der Waals surface area contributed by atoms with Crippen LogP contribution in [-0.4, -0.2) is 66.3 Å². The van der Waals surface area contributed by atoms with Gasteiger partial charge < -0.3 is 25.6 Å². The van der Waals surface area contributed by atoms with Crippen molar-refractivity contribution >= 4 is 17.7 Å². The van der Waals surface area contributed by atoms with Crippen LogP contribution in [0.5, 0.6) is 5.75 Å². The maximum atomic E-state index is 13.8. The number of ether oxygens (including phenoxy) is 1. The van der Waals surface area contributed by atoms with Gasteiger partial charge in [-0.25, -0.2) is 0 Å². The van der Waals surface area contributed by atoms with Gasteiger partial charge in [0.05, 0.1) is 7.11 Å². The molecular formula is C34H46N4O4. The van der Waals surface area contributed by atoms with E-state index in [0.29, 0.717) is 49.9 Å². The summed E-state index contributed by atoms with van der Waals surface area (Å²) in [5, 5.41) is 3.20. The molecule has 42 heavy (non-hydrogen) atoms. The molecule has 3 fully saturated rings. The van der Waals surface area contributed by atoms with Crippen LogP contribution in [0.1, 0.15) is 72.9 Å². The lowest BCUT2D eigenvalue weighted by atomic mass is 9.82.